The molecule has 1 saturated carbocycles. The van der Waals surface area contributed by atoms with Crippen LogP contribution < -0.4 is 15.6 Å². The number of hydrogen-bond donors (Lipinski definition) is 0. The Morgan fingerprint density at radius 3 is 1.38 bits per heavy atom. The summed E-state index contributed by atoms with van der Waals surface area (Å²) in [4.78, 5) is 0. The molecule has 24 heavy (non-hydrogen) atoms. The molecule has 1 fully saturated rings. The molecule has 4 rings (SSSR count). The summed E-state index contributed by atoms with van der Waals surface area (Å²) in [7, 11) is -2.02. The van der Waals surface area contributed by atoms with Crippen LogP contribution in [0.5, 0.6) is 0 Å². The lowest BCUT2D eigenvalue weighted by atomic mass is 10.3. The molecule has 1 aliphatic carbocycles. The molecule has 1 heteroatoms. The van der Waals surface area contributed by atoms with E-state index in [1.165, 1.54) is 19.3 Å². The molecular weight excluding hydrogens is 304 g/mol. The van der Waals surface area contributed by atoms with E-state index in [0.29, 0.717) is 0 Å². The van der Waals surface area contributed by atoms with Gasteiger partial charge in [-0.15, -0.1) is 0 Å². The van der Waals surface area contributed by atoms with Gasteiger partial charge in [-0.25, -0.2) is 0 Å². The zero-order valence-corrected chi connectivity index (χ0v) is 14.9. The van der Waals surface area contributed by atoms with Crippen molar-refractivity contribution in [2.24, 2.45) is 0 Å². The van der Waals surface area contributed by atoms with Gasteiger partial charge >= 0.3 is 0 Å². The average Bonchev–Trinajstić information content (AvgIpc) is 3.20. The standard InChI is InChI=1S/C23H23Si/c1-4-12-20(13-5-1)24(23-18-10-11-19-23,21-14-6-2-7-15-21)22-16-8-3-9-17-22/h1-10,12-17,23H,11,18-19H2/q-1. The molecule has 0 radical (unpaired) electrons. The summed E-state index contributed by atoms with van der Waals surface area (Å²) in [5.41, 5.74) is 0.740. The molecule has 0 heterocycles. The van der Waals surface area contributed by atoms with Gasteiger partial charge < -0.3 is 6.42 Å². The molecule has 120 valence electrons. The first-order valence-electron chi connectivity index (χ1n) is 8.90. The minimum Gasteiger partial charge on any atom is -0.328 e. The third-order valence-electron chi connectivity index (χ3n) is 5.47. The summed E-state index contributed by atoms with van der Waals surface area (Å²) in [5, 5.41) is 4.63. The third kappa shape index (κ3) is 2.53. The molecule has 0 amide bonds. The Hall–Kier alpha value is -2.12. The molecule has 3 aromatic carbocycles. The largest absolute Gasteiger partial charge is 0.328 e. The van der Waals surface area contributed by atoms with Crippen LogP contribution >= 0.6 is 0 Å². The topological polar surface area (TPSA) is 0 Å². The summed E-state index contributed by atoms with van der Waals surface area (Å²) in [6.45, 7) is 0. The van der Waals surface area contributed by atoms with E-state index in [1.54, 1.807) is 15.6 Å². The van der Waals surface area contributed by atoms with Gasteiger partial charge in [0.25, 0.3) is 0 Å². The highest BCUT2D eigenvalue weighted by Crippen LogP contribution is 2.37. The molecule has 0 aliphatic heterocycles. The van der Waals surface area contributed by atoms with Gasteiger partial charge in [-0.1, -0.05) is 103 Å². The number of hydrogen-bond acceptors (Lipinski definition) is 0. The molecule has 1 unspecified atom stereocenters. The lowest BCUT2D eigenvalue weighted by molar-refractivity contribution is 0.857. The van der Waals surface area contributed by atoms with Gasteiger partial charge in [-0.05, 0) is 15.6 Å². The van der Waals surface area contributed by atoms with Crippen molar-refractivity contribution in [2.75, 3.05) is 0 Å². The molecule has 0 spiro atoms. The summed E-state index contributed by atoms with van der Waals surface area (Å²) in [6.07, 6.45) is 6.31. The Kier molecular flexibility index (Phi) is 4.35. The van der Waals surface area contributed by atoms with Gasteiger partial charge in [0.1, 0.15) is 8.07 Å². The Bertz CT molecular complexity index is 662. The first-order valence-corrected chi connectivity index (χ1v) is 11.0. The Morgan fingerprint density at radius 1 is 0.625 bits per heavy atom. The van der Waals surface area contributed by atoms with Crippen LogP contribution in [-0.2, 0) is 0 Å². The molecule has 0 N–H and O–H groups in total. The monoisotopic (exact) mass is 327 g/mol. The molecule has 1 atom stereocenters. The first kappa shape index (κ1) is 15.4. The smallest absolute Gasteiger partial charge is 0.148 e. The van der Waals surface area contributed by atoms with Crippen molar-refractivity contribution in [1.29, 1.82) is 0 Å². The zero-order chi connectivity index (χ0) is 16.2. The van der Waals surface area contributed by atoms with Crippen molar-refractivity contribution in [2.45, 2.75) is 24.8 Å². The van der Waals surface area contributed by atoms with E-state index < -0.39 is 8.07 Å². The second-order valence-corrected chi connectivity index (χ2v) is 10.9. The summed E-state index contributed by atoms with van der Waals surface area (Å²) >= 11 is 0. The van der Waals surface area contributed by atoms with Gasteiger partial charge in [0.05, 0.1) is 0 Å². The van der Waals surface area contributed by atoms with Gasteiger partial charge in [0.15, 0.2) is 0 Å². The van der Waals surface area contributed by atoms with Gasteiger partial charge in [-0.3, -0.25) is 0 Å². The molecule has 1 aliphatic rings. The predicted molar refractivity (Wildman–Crippen MR) is 106 cm³/mol. The second-order valence-electron chi connectivity index (χ2n) is 6.70. The fourth-order valence-electron chi connectivity index (χ4n) is 4.46. The zero-order valence-electron chi connectivity index (χ0n) is 13.9. The maximum atomic E-state index is 2.50. The first-order chi connectivity index (χ1) is 11.9. The van der Waals surface area contributed by atoms with Crippen molar-refractivity contribution in [3.05, 3.63) is 97.4 Å². The molecule has 3 aromatic rings. The van der Waals surface area contributed by atoms with Crippen LogP contribution in [0.3, 0.4) is 0 Å². The van der Waals surface area contributed by atoms with Crippen LogP contribution in [0.25, 0.3) is 0 Å². The number of benzene rings is 3. The maximum Gasteiger partial charge on any atom is 0.148 e. The summed E-state index contributed by atoms with van der Waals surface area (Å²) in [5.74, 6) is 0. The van der Waals surface area contributed by atoms with Crippen molar-refractivity contribution in [3.8, 4) is 0 Å². The van der Waals surface area contributed by atoms with Crippen LogP contribution in [0.15, 0.2) is 91.0 Å². The quantitative estimate of drug-likeness (QED) is 0.387. The van der Waals surface area contributed by atoms with E-state index in [0.717, 1.165) is 5.54 Å². The van der Waals surface area contributed by atoms with E-state index in [9.17, 15) is 0 Å². The minimum atomic E-state index is -2.02. The molecular formula is C23H23Si-. The summed E-state index contributed by atoms with van der Waals surface area (Å²) in [6, 6.07) is 33.9. The fourth-order valence-corrected chi connectivity index (χ4v) is 10.1. The van der Waals surface area contributed by atoms with E-state index in [-0.39, 0.29) is 0 Å². The SMILES string of the molecule is c1ccc([Si](c2ccccc2)(c2ccccc2)C2C[CH-]CC2)cc1. The fraction of sp³-hybridized carbons (Fsp3) is 0.174. The van der Waals surface area contributed by atoms with Crippen LogP contribution in [0.2, 0.25) is 5.54 Å². The normalized spacial score (nSPS) is 17.8. The lowest BCUT2D eigenvalue weighted by Gasteiger charge is -2.40. The van der Waals surface area contributed by atoms with Crippen molar-refractivity contribution >= 4 is 23.6 Å². The predicted octanol–water partition coefficient (Wildman–Crippen LogP) is 3.92. The van der Waals surface area contributed by atoms with E-state index >= 15 is 0 Å². The van der Waals surface area contributed by atoms with E-state index in [4.69, 9.17) is 0 Å². The minimum absolute atomic E-state index is 0.740. The average molecular weight is 328 g/mol. The van der Waals surface area contributed by atoms with Gasteiger partial charge in [-0.2, -0.15) is 12.8 Å². The van der Waals surface area contributed by atoms with E-state index in [1.807, 2.05) is 0 Å². The van der Waals surface area contributed by atoms with Crippen LogP contribution in [0.1, 0.15) is 19.3 Å². The molecule has 0 saturated heterocycles. The highest BCUT2D eigenvalue weighted by Gasteiger charge is 2.44. The van der Waals surface area contributed by atoms with Crippen molar-refractivity contribution in [3.63, 3.8) is 0 Å². The second kappa shape index (κ2) is 6.78. The molecule has 0 aromatic heterocycles. The Balaban J connectivity index is 2.03. The maximum absolute atomic E-state index is 2.50. The molecule has 0 bridgehead atoms. The third-order valence-corrected chi connectivity index (χ3v) is 11.0. The van der Waals surface area contributed by atoms with Crippen LogP contribution in [0.4, 0.5) is 0 Å². The number of rotatable bonds is 4. The van der Waals surface area contributed by atoms with Crippen molar-refractivity contribution < 1.29 is 0 Å². The van der Waals surface area contributed by atoms with Crippen LogP contribution in [-0.4, -0.2) is 8.07 Å². The molecule has 0 nitrogen and oxygen atoms in total. The van der Waals surface area contributed by atoms with Crippen LogP contribution in [0, 0.1) is 6.42 Å². The highest BCUT2D eigenvalue weighted by atomic mass is 28.3. The van der Waals surface area contributed by atoms with E-state index in [2.05, 4.69) is 97.4 Å². The lowest BCUT2D eigenvalue weighted by Crippen LogP contribution is -2.69. The summed E-state index contributed by atoms with van der Waals surface area (Å²) < 4.78 is 0. The Labute approximate surface area is 146 Å². The Morgan fingerprint density at radius 2 is 1.04 bits per heavy atom. The highest BCUT2D eigenvalue weighted by molar-refractivity contribution is 7.12. The van der Waals surface area contributed by atoms with Crippen molar-refractivity contribution in [1.82, 2.24) is 0 Å². The van der Waals surface area contributed by atoms with Gasteiger partial charge in [0, 0.05) is 0 Å². The van der Waals surface area contributed by atoms with Gasteiger partial charge in [0.2, 0.25) is 0 Å².